The Morgan fingerprint density at radius 3 is 2.53 bits per heavy atom. The Labute approximate surface area is 101 Å². The highest BCUT2D eigenvalue weighted by Crippen LogP contribution is 2.22. The fourth-order valence-corrected chi connectivity index (χ4v) is 1.44. The number of aromatic nitrogens is 2. The van der Waals surface area contributed by atoms with Gasteiger partial charge in [-0.25, -0.2) is 9.18 Å². The Morgan fingerprint density at radius 2 is 2.00 bits per heavy atom. The van der Waals surface area contributed by atoms with Crippen LogP contribution in [0, 0.1) is 5.82 Å². The largest absolute Gasteiger partial charge is 0.476 e. The average molecular weight is 253 g/mol. The van der Waals surface area contributed by atoms with Crippen molar-refractivity contribution in [3.05, 3.63) is 46.9 Å². The molecule has 86 valence electrons. The maximum Gasteiger partial charge on any atom is 0.356 e. The topological polar surface area (TPSA) is 63.1 Å². The molecule has 0 amide bonds. The van der Waals surface area contributed by atoms with Crippen molar-refractivity contribution in [1.29, 1.82) is 0 Å². The number of hydrogen-bond donors (Lipinski definition) is 1. The standard InChI is InChI=1S/C11H6ClFN2O2/c12-7-5-6(1-2-8(7)13)9-3-4-10(11(16)17)15-14-9/h1-5H,(H,16,17). The molecule has 2 aromatic rings. The smallest absolute Gasteiger partial charge is 0.356 e. The second kappa shape index (κ2) is 4.47. The number of nitrogens with zero attached hydrogens (tertiary/aromatic N) is 2. The van der Waals surface area contributed by atoms with Crippen LogP contribution >= 0.6 is 11.6 Å². The van der Waals surface area contributed by atoms with Crippen molar-refractivity contribution in [2.75, 3.05) is 0 Å². The molecule has 2 rings (SSSR count). The van der Waals surface area contributed by atoms with Gasteiger partial charge in [0.15, 0.2) is 5.69 Å². The van der Waals surface area contributed by atoms with Crippen LogP contribution in [0.25, 0.3) is 11.3 Å². The third-order valence-electron chi connectivity index (χ3n) is 2.10. The predicted octanol–water partition coefficient (Wildman–Crippen LogP) is 2.63. The van der Waals surface area contributed by atoms with Gasteiger partial charge >= 0.3 is 5.97 Å². The highest BCUT2D eigenvalue weighted by molar-refractivity contribution is 6.31. The molecule has 1 aromatic carbocycles. The Bertz CT molecular complexity index is 572. The molecule has 0 aliphatic carbocycles. The number of rotatable bonds is 2. The maximum atomic E-state index is 12.9. The minimum atomic E-state index is -1.15. The molecule has 0 bridgehead atoms. The molecule has 6 heteroatoms. The first kappa shape index (κ1) is 11.5. The second-order valence-electron chi connectivity index (χ2n) is 3.24. The van der Waals surface area contributed by atoms with Crippen LogP contribution in [0.4, 0.5) is 4.39 Å². The summed E-state index contributed by atoms with van der Waals surface area (Å²) in [5.74, 6) is -1.67. The van der Waals surface area contributed by atoms with Crippen LogP contribution in [0.2, 0.25) is 5.02 Å². The molecule has 4 nitrogen and oxygen atoms in total. The molecule has 0 saturated carbocycles. The fourth-order valence-electron chi connectivity index (χ4n) is 1.26. The minimum Gasteiger partial charge on any atom is -0.476 e. The van der Waals surface area contributed by atoms with Crippen LogP contribution in [-0.2, 0) is 0 Å². The lowest BCUT2D eigenvalue weighted by Gasteiger charge is -2.01. The average Bonchev–Trinajstić information content (AvgIpc) is 2.33. The molecule has 0 saturated heterocycles. The molecule has 1 aromatic heterocycles. The molecule has 0 spiro atoms. The van der Waals surface area contributed by atoms with Crippen molar-refractivity contribution < 1.29 is 14.3 Å². The summed E-state index contributed by atoms with van der Waals surface area (Å²) in [4.78, 5) is 10.6. The number of carboxylic acid groups (broad SMARTS) is 1. The number of halogens is 2. The SMILES string of the molecule is O=C(O)c1ccc(-c2ccc(F)c(Cl)c2)nn1. The zero-order valence-electron chi connectivity index (χ0n) is 8.39. The summed E-state index contributed by atoms with van der Waals surface area (Å²) >= 11 is 5.63. The number of aromatic carboxylic acids is 1. The van der Waals surface area contributed by atoms with Gasteiger partial charge in [0.05, 0.1) is 10.7 Å². The van der Waals surface area contributed by atoms with Gasteiger partial charge in [0.2, 0.25) is 0 Å². The van der Waals surface area contributed by atoms with E-state index in [1.165, 1.54) is 30.3 Å². The fraction of sp³-hybridized carbons (Fsp3) is 0. The zero-order chi connectivity index (χ0) is 12.4. The summed E-state index contributed by atoms with van der Waals surface area (Å²) in [5, 5.41) is 15.9. The summed E-state index contributed by atoms with van der Waals surface area (Å²) in [6.07, 6.45) is 0. The summed E-state index contributed by atoms with van der Waals surface area (Å²) in [6, 6.07) is 6.92. The van der Waals surface area contributed by atoms with E-state index in [1.54, 1.807) is 0 Å². The summed E-state index contributed by atoms with van der Waals surface area (Å²) in [6.45, 7) is 0. The van der Waals surface area contributed by atoms with Crippen molar-refractivity contribution in [3.8, 4) is 11.3 Å². The predicted molar refractivity (Wildman–Crippen MR) is 59.4 cm³/mol. The first-order valence-corrected chi connectivity index (χ1v) is 4.98. The molecular weight excluding hydrogens is 247 g/mol. The summed E-state index contributed by atoms with van der Waals surface area (Å²) in [7, 11) is 0. The van der Waals surface area contributed by atoms with Crippen molar-refractivity contribution in [2.45, 2.75) is 0 Å². The Balaban J connectivity index is 2.39. The minimum absolute atomic E-state index is 0.0217. The van der Waals surface area contributed by atoms with Crippen LogP contribution in [0.5, 0.6) is 0 Å². The first-order valence-electron chi connectivity index (χ1n) is 4.60. The van der Waals surface area contributed by atoms with Crippen LogP contribution < -0.4 is 0 Å². The van der Waals surface area contributed by atoms with E-state index in [2.05, 4.69) is 10.2 Å². The monoisotopic (exact) mass is 252 g/mol. The van der Waals surface area contributed by atoms with Crippen molar-refractivity contribution in [3.63, 3.8) is 0 Å². The van der Waals surface area contributed by atoms with Gasteiger partial charge in [0, 0.05) is 5.56 Å². The van der Waals surface area contributed by atoms with Gasteiger partial charge in [0.1, 0.15) is 5.82 Å². The van der Waals surface area contributed by atoms with Gasteiger partial charge in [-0.2, -0.15) is 0 Å². The highest BCUT2D eigenvalue weighted by Gasteiger charge is 2.08. The Morgan fingerprint density at radius 1 is 1.24 bits per heavy atom. The van der Waals surface area contributed by atoms with E-state index in [1.807, 2.05) is 0 Å². The lowest BCUT2D eigenvalue weighted by atomic mass is 10.1. The highest BCUT2D eigenvalue weighted by atomic mass is 35.5. The molecule has 0 aliphatic rings. The van der Waals surface area contributed by atoms with Crippen LogP contribution in [0.15, 0.2) is 30.3 Å². The van der Waals surface area contributed by atoms with Gasteiger partial charge in [-0.05, 0) is 30.3 Å². The van der Waals surface area contributed by atoms with E-state index >= 15 is 0 Å². The lowest BCUT2D eigenvalue weighted by molar-refractivity contribution is 0.0689. The number of carbonyl (C=O) groups is 1. The molecule has 0 radical (unpaired) electrons. The second-order valence-corrected chi connectivity index (χ2v) is 3.65. The van der Waals surface area contributed by atoms with Crippen LogP contribution in [0.1, 0.15) is 10.5 Å². The van der Waals surface area contributed by atoms with Crippen molar-refractivity contribution in [2.24, 2.45) is 0 Å². The van der Waals surface area contributed by atoms with Crippen molar-refractivity contribution in [1.82, 2.24) is 10.2 Å². The van der Waals surface area contributed by atoms with Crippen LogP contribution in [-0.4, -0.2) is 21.3 Å². The third kappa shape index (κ3) is 2.39. The van der Waals surface area contributed by atoms with Crippen LogP contribution in [0.3, 0.4) is 0 Å². The Kier molecular flexibility index (Phi) is 3.01. The molecule has 1 heterocycles. The van der Waals surface area contributed by atoms with Gasteiger partial charge in [0.25, 0.3) is 0 Å². The van der Waals surface area contributed by atoms with Gasteiger partial charge in [-0.15, -0.1) is 10.2 Å². The molecular formula is C11H6ClFN2O2. The van der Waals surface area contributed by atoms with E-state index in [0.717, 1.165) is 0 Å². The molecule has 0 unspecified atom stereocenters. The number of hydrogen-bond acceptors (Lipinski definition) is 3. The molecule has 17 heavy (non-hydrogen) atoms. The quantitative estimate of drug-likeness (QED) is 0.892. The summed E-state index contributed by atoms with van der Waals surface area (Å²) < 4.78 is 12.9. The van der Waals surface area contributed by atoms with E-state index in [9.17, 15) is 9.18 Å². The maximum absolute atomic E-state index is 12.9. The lowest BCUT2D eigenvalue weighted by Crippen LogP contribution is -2.01. The normalized spacial score (nSPS) is 10.2. The van der Waals surface area contributed by atoms with Gasteiger partial charge < -0.3 is 5.11 Å². The number of benzene rings is 1. The summed E-state index contributed by atoms with van der Waals surface area (Å²) in [5.41, 5.74) is 0.847. The van der Waals surface area contributed by atoms with Crippen molar-refractivity contribution >= 4 is 17.6 Å². The van der Waals surface area contributed by atoms with Gasteiger partial charge in [-0.3, -0.25) is 0 Å². The van der Waals surface area contributed by atoms with E-state index in [4.69, 9.17) is 16.7 Å². The zero-order valence-corrected chi connectivity index (χ0v) is 9.15. The molecule has 1 N–H and O–H groups in total. The van der Waals surface area contributed by atoms with E-state index in [0.29, 0.717) is 11.3 Å². The number of carboxylic acids is 1. The van der Waals surface area contributed by atoms with Gasteiger partial charge in [-0.1, -0.05) is 11.6 Å². The third-order valence-corrected chi connectivity index (χ3v) is 2.39. The Hall–Kier alpha value is -2.01. The van der Waals surface area contributed by atoms with E-state index in [-0.39, 0.29) is 10.7 Å². The molecule has 0 aliphatic heterocycles. The molecule has 0 atom stereocenters. The first-order chi connectivity index (χ1) is 8.08. The van der Waals surface area contributed by atoms with E-state index < -0.39 is 11.8 Å². The molecule has 0 fully saturated rings.